The van der Waals surface area contributed by atoms with Crippen LogP contribution in [0.5, 0.6) is 0 Å². The van der Waals surface area contributed by atoms with E-state index in [1.807, 2.05) is 11.0 Å². The van der Waals surface area contributed by atoms with Gasteiger partial charge in [-0.15, -0.1) is 0 Å². The van der Waals surface area contributed by atoms with Crippen LogP contribution in [-0.4, -0.2) is 43.5 Å². The van der Waals surface area contributed by atoms with E-state index in [9.17, 15) is 9.59 Å². The number of amides is 1. The maximum Gasteiger partial charge on any atom is 0.272 e. The molecule has 1 aliphatic heterocycles. The lowest BCUT2D eigenvalue weighted by Crippen LogP contribution is -2.41. The maximum atomic E-state index is 12.6. The van der Waals surface area contributed by atoms with Crippen molar-refractivity contribution >= 4 is 5.91 Å². The van der Waals surface area contributed by atoms with E-state index >= 15 is 0 Å². The maximum absolute atomic E-state index is 12.6. The average Bonchev–Trinajstić information content (AvgIpc) is 3.02. The molecular formula is C19H27N5O2. The van der Waals surface area contributed by atoms with Gasteiger partial charge in [0.05, 0.1) is 5.69 Å². The van der Waals surface area contributed by atoms with E-state index in [1.165, 1.54) is 0 Å². The van der Waals surface area contributed by atoms with Crippen LogP contribution >= 0.6 is 0 Å². The van der Waals surface area contributed by atoms with E-state index in [2.05, 4.69) is 31.0 Å². The number of nitrogens with zero attached hydrogens (tertiary/aromatic N) is 5. The van der Waals surface area contributed by atoms with Crippen LogP contribution in [0.4, 0.5) is 0 Å². The Morgan fingerprint density at radius 1 is 1.19 bits per heavy atom. The van der Waals surface area contributed by atoms with Crippen molar-refractivity contribution in [1.29, 1.82) is 0 Å². The van der Waals surface area contributed by atoms with Crippen molar-refractivity contribution in [2.24, 2.45) is 13.0 Å². The van der Waals surface area contributed by atoms with Gasteiger partial charge >= 0.3 is 0 Å². The highest BCUT2D eigenvalue weighted by Gasteiger charge is 2.26. The van der Waals surface area contributed by atoms with Crippen LogP contribution in [0.2, 0.25) is 0 Å². The fraction of sp³-hybridized carbons (Fsp3) is 0.579. The number of rotatable bonds is 3. The van der Waals surface area contributed by atoms with Gasteiger partial charge in [-0.1, -0.05) is 20.8 Å². The Balaban J connectivity index is 1.64. The molecule has 7 heteroatoms. The molecule has 3 heterocycles. The zero-order valence-corrected chi connectivity index (χ0v) is 16.0. The highest BCUT2D eigenvalue weighted by molar-refractivity contribution is 5.92. The topological polar surface area (TPSA) is 73.0 Å². The second-order valence-electron chi connectivity index (χ2n) is 8.06. The van der Waals surface area contributed by atoms with Gasteiger partial charge in [-0.2, -0.15) is 10.2 Å². The molecule has 0 aliphatic carbocycles. The van der Waals surface area contributed by atoms with Crippen molar-refractivity contribution in [2.45, 2.75) is 45.6 Å². The van der Waals surface area contributed by atoms with E-state index in [0.717, 1.165) is 18.5 Å². The fourth-order valence-corrected chi connectivity index (χ4v) is 3.29. The molecule has 0 saturated carbocycles. The molecule has 1 amide bonds. The summed E-state index contributed by atoms with van der Waals surface area (Å²) < 4.78 is 3.19. The first kappa shape index (κ1) is 18.4. The van der Waals surface area contributed by atoms with Gasteiger partial charge in [-0.3, -0.25) is 14.3 Å². The summed E-state index contributed by atoms with van der Waals surface area (Å²) in [5, 5.41) is 8.62. The first-order valence-electron chi connectivity index (χ1n) is 9.11. The number of hydrogen-bond acceptors (Lipinski definition) is 4. The largest absolute Gasteiger partial charge is 0.337 e. The van der Waals surface area contributed by atoms with E-state index in [0.29, 0.717) is 31.2 Å². The Morgan fingerprint density at radius 2 is 1.88 bits per heavy atom. The number of carbonyl (C=O) groups excluding carboxylic acids is 1. The molecule has 0 unspecified atom stereocenters. The van der Waals surface area contributed by atoms with Crippen molar-refractivity contribution in [3.05, 3.63) is 46.1 Å². The van der Waals surface area contributed by atoms with Gasteiger partial charge in [0.2, 0.25) is 0 Å². The van der Waals surface area contributed by atoms with Gasteiger partial charge in [0.15, 0.2) is 0 Å². The van der Waals surface area contributed by atoms with Crippen molar-refractivity contribution in [3.8, 4) is 0 Å². The molecule has 1 aliphatic rings. The molecule has 0 aromatic carbocycles. The number of carbonyl (C=O) groups is 1. The van der Waals surface area contributed by atoms with E-state index in [-0.39, 0.29) is 16.9 Å². The number of aromatic nitrogens is 4. The SMILES string of the molecule is Cn1nccc1C(=O)N1CCC(Cn2nc(C(C)(C)C)ccc2=O)CC1. The first-order valence-corrected chi connectivity index (χ1v) is 9.11. The van der Waals surface area contributed by atoms with Crippen LogP contribution in [0.15, 0.2) is 29.2 Å². The van der Waals surface area contributed by atoms with Crippen LogP contribution in [-0.2, 0) is 19.0 Å². The monoisotopic (exact) mass is 357 g/mol. The molecule has 7 nitrogen and oxygen atoms in total. The highest BCUT2D eigenvalue weighted by atomic mass is 16.2. The summed E-state index contributed by atoms with van der Waals surface area (Å²) in [6.07, 6.45) is 3.38. The van der Waals surface area contributed by atoms with Crippen LogP contribution in [0.1, 0.15) is 49.8 Å². The molecule has 140 valence electrons. The second kappa shape index (κ2) is 7.05. The zero-order valence-electron chi connectivity index (χ0n) is 16.0. The molecule has 3 rings (SSSR count). The predicted molar refractivity (Wildman–Crippen MR) is 99.0 cm³/mol. The highest BCUT2D eigenvalue weighted by Crippen LogP contribution is 2.21. The molecule has 0 N–H and O–H groups in total. The third kappa shape index (κ3) is 3.86. The summed E-state index contributed by atoms with van der Waals surface area (Å²) in [6.45, 7) is 8.27. The Morgan fingerprint density at radius 3 is 2.46 bits per heavy atom. The lowest BCUT2D eigenvalue weighted by atomic mass is 9.92. The lowest BCUT2D eigenvalue weighted by Gasteiger charge is -2.32. The van der Waals surface area contributed by atoms with Crippen molar-refractivity contribution in [2.75, 3.05) is 13.1 Å². The van der Waals surface area contributed by atoms with Gasteiger partial charge in [-0.25, -0.2) is 4.68 Å². The van der Waals surface area contributed by atoms with Gasteiger partial charge in [0, 0.05) is 44.4 Å². The van der Waals surface area contributed by atoms with Gasteiger partial charge in [0.25, 0.3) is 11.5 Å². The molecule has 0 atom stereocenters. The molecule has 26 heavy (non-hydrogen) atoms. The summed E-state index contributed by atoms with van der Waals surface area (Å²) in [5.74, 6) is 0.375. The smallest absolute Gasteiger partial charge is 0.272 e. The minimum atomic E-state index is -0.0890. The van der Waals surface area contributed by atoms with E-state index in [4.69, 9.17) is 0 Å². The molecule has 1 saturated heterocycles. The molecule has 2 aromatic rings. The number of likely N-dealkylation sites (tertiary alicyclic amines) is 1. The number of piperidine rings is 1. The molecule has 2 aromatic heterocycles. The average molecular weight is 357 g/mol. The van der Waals surface area contributed by atoms with Gasteiger partial charge in [0.1, 0.15) is 5.69 Å². The third-order valence-corrected chi connectivity index (χ3v) is 5.01. The van der Waals surface area contributed by atoms with Crippen molar-refractivity contribution < 1.29 is 4.79 Å². The minimum Gasteiger partial charge on any atom is -0.337 e. The summed E-state index contributed by atoms with van der Waals surface area (Å²) in [5.41, 5.74) is 1.38. The van der Waals surface area contributed by atoms with Crippen molar-refractivity contribution in [3.63, 3.8) is 0 Å². The molecule has 0 radical (unpaired) electrons. The molecule has 0 bridgehead atoms. The van der Waals surface area contributed by atoms with Gasteiger partial charge in [-0.05, 0) is 30.9 Å². The quantitative estimate of drug-likeness (QED) is 0.840. The Kier molecular flexibility index (Phi) is 4.98. The van der Waals surface area contributed by atoms with Crippen LogP contribution in [0.3, 0.4) is 0 Å². The minimum absolute atomic E-state index is 0.0217. The standard InChI is InChI=1S/C19H27N5O2/c1-19(2,3)16-5-6-17(25)24(21-16)13-14-8-11-23(12-9-14)18(26)15-7-10-20-22(15)4/h5-7,10,14H,8-9,11-13H2,1-4H3. The summed E-state index contributed by atoms with van der Waals surface area (Å²) in [7, 11) is 1.78. The lowest BCUT2D eigenvalue weighted by molar-refractivity contribution is 0.0669. The number of hydrogen-bond donors (Lipinski definition) is 0. The molecule has 0 spiro atoms. The van der Waals surface area contributed by atoms with Crippen LogP contribution < -0.4 is 5.56 Å². The van der Waals surface area contributed by atoms with Gasteiger partial charge < -0.3 is 4.90 Å². The fourth-order valence-electron chi connectivity index (χ4n) is 3.29. The number of aryl methyl sites for hydroxylation is 1. The van der Waals surface area contributed by atoms with Crippen molar-refractivity contribution in [1.82, 2.24) is 24.5 Å². The summed E-state index contributed by atoms with van der Waals surface area (Å²) in [6, 6.07) is 5.17. The second-order valence-corrected chi connectivity index (χ2v) is 8.06. The Labute approximate surface area is 153 Å². The molecule has 1 fully saturated rings. The third-order valence-electron chi connectivity index (χ3n) is 5.01. The Hall–Kier alpha value is -2.44. The van der Waals surface area contributed by atoms with E-state index < -0.39 is 0 Å². The summed E-state index contributed by atoms with van der Waals surface area (Å²) >= 11 is 0. The normalized spacial score (nSPS) is 16.1. The van der Waals surface area contributed by atoms with Crippen LogP contribution in [0, 0.1) is 5.92 Å². The predicted octanol–water partition coefficient (Wildman–Crippen LogP) is 1.83. The molecular weight excluding hydrogens is 330 g/mol. The first-order chi connectivity index (χ1) is 12.3. The Bertz CT molecular complexity index is 838. The summed E-state index contributed by atoms with van der Waals surface area (Å²) in [4.78, 5) is 26.6. The zero-order chi connectivity index (χ0) is 18.9. The van der Waals surface area contributed by atoms with Crippen LogP contribution in [0.25, 0.3) is 0 Å². The van der Waals surface area contributed by atoms with E-state index in [1.54, 1.807) is 34.7 Å².